The van der Waals surface area contributed by atoms with E-state index in [1.54, 1.807) is 53.4 Å². The van der Waals surface area contributed by atoms with Crippen LogP contribution in [0.4, 0.5) is 4.39 Å². The molecule has 0 aromatic heterocycles. The van der Waals surface area contributed by atoms with E-state index in [0.717, 1.165) is 5.56 Å². The third-order valence-corrected chi connectivity index (χ3v) is 7.80. The van der Waals surface area contributed by atoms with Crippen molar-refractivity contribution in [3.8, 4) is 5.75 Å². The van der Waals surface area contributed by atoms with Gasteiger partial charge in [-0.25, -0.2) is 12.8 Å². The molecule has 1 fully saturated rings. The highest BCUT2D eigenvalue weighted by molar-refractivity contribution is 7.89. The van der Waals surface area contributed by atoms with Gasteiger partial charge in [-0.3, -0.25) is 4.79 Å². The summed E-state index contributed by atoms with van der Waals surface area (Å²) >= 11 is 6.08. The maximum atomic E-state index is 13.2. The number of piperazine rings is 1. The van der Waals surface area contributed by atoms with Gasteiger partial charge in [-0.15, -0.1) is 0 Å². The number of carbonyl (C=O) groups excluding carboxylic acids is 1. The number of ether oxygens (including phenoxy) is 1. The second-order valence-corrected chi connectivity index (χ2v) is 9.85. The molecule has 0 atom stereocenters. The molecular weight excluding hydrogens is 467 g/mol. The highest BCUT2D eigenvalue weighted by Crippen LogP contribution is 2.26. The first-order chi connectivity index (χ1) is 15.9. The number of halogens is 2. The number of hydrogen-bond donors (Lipinski definition) is 0. The van der Waals surface area contributed by atoms with E-state index < -0.39 is 10.0 Å². The Hall–Kier alpha value is -2.94. The van der Waals surface area contributed by atoms with Crippen molar-refractivity contribution in [3.63, 3.8) is 0 Å². The Labute approximate surface area is 197 Å². The quantitative estimate of drug-likeness (QED) is 0.521. The molecule has 0 radical (unpaired) electrons. The molecule has 1 saturated heterocycles. The number of amides is 1. The second kappa shape index (κ2) is 9.91. The normalized spacial score (nSPS) is 14.8. The van der Waals surface area contributed by atoms with Crippen LogP contribution >= 0.6 is 11.6 Å². The van der Waals surface area contributed by atoms with E-state index in [2.05, 4.69) is 0 Å². The third kappa shape index (κ3) is 5.19. The van der Waals surface area contributed by atoms with Gasteiger partial charge in [0.15, 0.2) is 0 Å². The predicted molar refractivity (Wildman–Crippen MR) is 123 cm³/mol. The molecule has 0 aliphatic carbocycles. The van der Waals surface area contributed by atoms with Crippen LogP contribution in [-0.4, -0.2) is 49.7 Å². The summed E-state index contributed by atoms with van der Waals surface area (Å²) in [6, 6.07) is 19.2. The smallest absolute Gasteiger partial charge is 0.257 e. The van der Waals surface area contributed by atoms with Gasteiger partial charge in [-0.2, -0.15) is 4.31 Å². The molecule has 3 aromatic rings. The molecule has 0 unspecified atom stereocenters. The van der Waals surface area contributed by atoms with E-state index >= 15 is 0 Å². The van der Waals surface area contributed by atoms with Gasteiger partial charge in [0, 0.05) is 26.2 Å². The fourth-order valence-electron chi connectivity index (χ4n) is 3.61. The number of carbonyl (C=O) groups is 1. The topological polar surface area (TPSA) is 66.9 Å². The van der Waals surface area contributed by atoms with Crippen LogP contribution < -0.4 is 4.74 Å². The molecule has 9 heteroatoms. The van der Waals surface area contributed by atoms with Gasteiger partial charge in [0.2, 0.25) is 10.0 Å². The lowest BCUT2D eigenvalue weighted by Gasteiger charge is -2.34. The Balaban J connectivity index is 1.43. The fourth-order valence-corrected chi connectivity index (χ4v) is 5.52. The minimum Gasteiger partial charge on any atom is -0.488 e. The van der Waals surface area contributed by atoms with Crippen molar-refractivity contribution >= 4 is 27.5 Å². The maximum absolute atomic E-state index is 13.2. The van der Waals surface area contributed by atoms with Gasteiger partial charge >= 0.3 is 0 Å². The van der Waals surface area contributed by atoms with Crippen LogP contribution in [0.2, 0.25) is 5.02 Å². The average Bonchev–Trinajstić information content (AvgIpc) is 2.84. The van der Waals surface area contributed by atoms with E-state index in [1.165, 1.54) is 28.6 Å². The van der Waals surface area contributed by atoms with Crippen molar-refractivity contribution in [1.29, 1.82) is 0 Å². The van der Waals surface area contributed by atoms with Gasteiger partial charge in [-0.1, -0.05) is 48.0 Å². The molecule has 1 aliphatic rings. The number of benzene rings is 3. The minimum atomic E-state index is -3.74. The summed E-state index contributed by atoms with van der Waals surface area (Å²) in [4.78, 5) is 14.8. The van der Waals surface area contributed by atoms with Gasteiger partial charge < -0.3 is 9.64 Å². The van der Waals surface area contributed by atoms with Crippen molar-refractivity contribution < 1.29 is 22.3 Å². The van der Waals surface area contributed by atoms with Gasteiger partial charge in [0.1, 0.15) is 23.1 Å². The Morgan fingerprint density at radius 3 is 2.24 bits per heavy atom. The maximum Gasteiger partial charge on any atom is 0.257 e. The molecule has 0 N–H and O–H groups in total. The zero-order valence-corrected chi connectivity index (χ0v) is 19.2. The van der Waals surface area contributed by atoms with Crippen molar-refractivity contribution in [2.24, 2.45) is 0 Å². The zero-order chi connectivity index (χ0) is 23.4. The summed E-state index contributed by atoms with van der Waals surface area (Å²) in [5.41, 5.74) is 1.17. The Morgan fingerprint density at radius 1 is 0.909 bits per heavy atom. The van der Waals surface area contributed by atoms with Crippen molar-refractivity contribution in [2.45, 2.75) is 11.5 Å². The molecule has 172 valence electrons. The first-order valence-corrected chi connectivity index (χ1v) is 12.2. The number of para-hydroxylation sites is 1. The lowest BCUT2D eigenvalue weighted by Crippen LogP contribution is -2.50. The van der Waals surface area contributed by atoms with E-state index in [0.29, 0.717) is 11.3 Å². The van der Waals surface area contributed by atoms with Crippen LogP contribution in [0.25, 0.3) is 0 Å². The standard InChI is InChI=1S/C24H22ClFN2O4S/c25-21-6-2-4-8-23(21)33(30,31)28-15-13-27(14-16-28)24(29)20-5-1-3-7-22(20)32-17-18-9-11-19(26)12-10-18/h1-12H,13-17H2. The predicted octanol–water partition coefficient (Wildman–Crippen LogP) is 4.20. The second-order valence-electron chi connectivity index (χ2n) is 7.54. The largest absolute Gasteiger partial charge is 0.488 e. The molecule has 0 bridgehead atoms. The fraction of sp³-hybridized carbons (Fsp3) is 0.208. The molecule has 0 spiro atoms. The Bertz CT molecular complexity index is 1240. The van der Waals surface area contributed by atoms with Gasteiger partial charge in [0.05, 0.1) is 10.6 Å². The number of hydrogen-bond acceptors (Lipinski definition) is 4. The van der Waals surface area contributed by atoms with Crippen LogP contribution in [-0.2, 0) is 16.6 Å². The molecule has 1 aliphatic heterocycles. The Morgan fingerprint density at radius 2 is 1.55 bits per heavy atom. The minimum absolute atomic E-state index is 0.0611. The third-order valence-electron chi connectivity index (χ3n) is 5.41. The lowest BCUT2D eigenvalue weighted by atomic mass is 10.1. The van der Waals surface area contributed by atoms with Gasteiger partial charge in [0.25, 0.3) is 5.91 Å². The summed E-state index contributed by atoms with van der Waals surface area (Å²) in [6.07, 6.45) is 0. The van der Waals surface area contributed by atoms with E-state index in [-0.39, 0.29) is 54.4 Å². The summed E-state index contributed by atoms with van der Waals surface area (Å²) < 4.78 is 46.2. The van der Waals surface area contributed by atoms with E-state index in [4.69, 9.17) is 16.3 Å². The van der Waals surface area contributed by atoms with Crippen LogP contribution in [0, 0.1) is 5.82 Å². The number of nitrogens with zero attached hydrogens (tertiary/aromatic N) is 2. The molecule has 0 saturated carbocycles. The summed E-state index contributed by atoms with van der Waals surface area (Å²) in [5, 5.41) is 0.170. The summed E-state index contributed by atoms with van der Waals surface area (Å²) in [7, 11) is -3.74. The molecular formula is C24H22ClFN2O4S. The van der Waals surface area contributed by atoms with Crippen LogP contribution in [0.5, 0.6) is 5.75 Å². The monoisotopic (exact) mass is 488 g/mol. The molecule has 33 heavy (non-hydrogen) atoms. The SMILES string of the molecule is O=C(c1ccccc1OCc1ccc(F)cc1)N1CCN(S(=O)(=O)c2ccccc2Cl)CC1. The van der Waals surface area contributed by atoms with Crippen molar-refractivity contribution in [1.82, 2.24) is 9.21 Å². The van der Waals surface area contributed by atoms with E-state index in [9.17, 15) is 17.6 Å². The highest BCUT2D eigenvalue weighted by atomic mass is 35.5. The molecule has 4 rings (SSSR count). The highest BCUT2D eigenvalue weighted by Gasteiger charge is 2.32. The number of rotatable bonds is 6. The first kappa shape index (κ1) is 23.2. The molecule has 1 heterocycles. The molecule has 6 nitrogen and oxygen atoms in total. The number of sulfonamides is 1. The molecule has 1 amide bonds. The van der Waals surface area contributed by atoms with Crippen LogP contribution in [0.1, 0.15) is 15.9 Å². The summed E-state index contributed by atoms with van der Waals surface area (Å²) in [6.45, 7) is 1.01. The molecule has 3 aromatic carbocycles. The van der Waals surface area contributed by atoms with E-state index in [1.807, 2.05) is 0 Å². The summed E-state index contributed by atoms with van der Waals surface area (Å²) in [5.74, 6) is -0.150. The van der Waals surface area contributed by atoms with Crippen molar-refractivity contribution in [2.75, 3.05) is 26.2 Å². The lowest BCUT2D eigenvalue weighted by molar-refractivity contribution is 0.0693. The average molecular weight is 489 g/mol. The van der Waals surface area contributed by atoms with Crippen LogP contribution in [0.3, 0.4) is 0 Å². The Kier molecular flexibility index (Phi) is 6.97. The zero-order valence-electron chi connectivity index (χ0n) is 17.7. The van der Waals surface area contributed by atoms with Crippen LogP contribution in [0.15, 0.2) is 77.7 Å². The first-order valence-electron chi connectivity index (χ1n) is 10.4. The van der Waals surface area contributed by atoms with Crippen molar-refractivity contribution in [3.05, 3.63) is 94.8 Å². The van der Waals surface area contributed by atoms with Gasteiger partial charge in [-0.05, 0) is 42.0 Å².